The lowest BCUT2D eigenvalue weighted by atomic mass is 9.86. The molecule has 0 aromatic heterocycles. The van der Waals surface area contributed by atoms with E-state index in [-0.39, 0.29) is 25.3 Å². The van der Waals surface area contributed by atoms with Gasteiger partial charge in [-0.2, -0.15) is 13.2 Å². The molecule has 102 valence electrons. The van der Waals surface area contributed by atoms with E-state index in [2.05, 4.69) is 5.32 Å². The number of hydrogen-bond donors (Lipinski definition) is 1. The second kappa shape index (κ2) is 5.50. The summed E-state index contributed by atoms with van der Waals surface area (Å²) in [6.07, 6.45) is -4.31. The zero-order valence-electron chi connectivity index (χ0n) is 9.79. The second-order valence-electron chi connectivity index (χ2n) is 4.95. The van der Waals surface area contributed by atoms with Crippen LogP contribution in [-0.2, 0) is 0 Å². The highest BCUT2D eigenvalue weighted by Gasteiger charge is 2.36. The minimum Gasteiger partial charge on any atom is -0.314 e. The summed E-state index contributed by atoms with van der Waals surface area (Å²) in [4.78, 5) is 0. The van der Waals surface area contributed by atoms with Crippen molar-refractivity contribution in [3.63, 3.8) is 0 Å². The fraction of sp³-hybridized carbons (Fsp3) is 1.00. The highest BCUT2D eigenvalue weighted by molar-refractivity contribution is 4.80. The Balaban J connectivity index is 2.26. The molecule has 0 aromatic rings. The van der Waals surface area contributed by atoms with Crippen molar-refractivity contribution in [3.8, 4) is 0 Å². The van der Waals surface area contributed by atoms with Gasteiger partial charge in [-0.1, -0.05) is 0 Å². The first-order chi connectivity index (χ1) is 7.68. The van der Waals surface area contributed by atoms with Gasteiger partial charge in [0, 0.05) is 18.9 Å². The molecule has 1 aliphatic rings. The van der Waals surface area contributed by atoms with Crippen molar-refractivity contribution in [1.29, 1.82) is 0 Å². The fourth-order valence-electron chi connectivity index (χ4n) is 2.24. The summed E-state index contributed by atoms with van der Waals surface area (Å²) in [5.74, 6) is -2.85. The van der Waals surface area contributed by atoms with Crippen LogP contribution in [-0.4, -0.2) is 24.7 Å². The molecule has 0 saturated heterocycles. The molecule has 1 saturated carbocycles. The molecule has 17 heavy (non-hydrogen) atoms. The van der Waals surface area contributed by atoms with E-state index in [1.54, 1.807) is 0 Å². The molecule has 0 heterocycles. The molecule has 2 atom stereocenters. The molecule has 1 rings (SSSR count). The van der Waals surface area contributed by atoms with Gasteiger partial charge in [0.1, 0.15) is 0 Å². The third-order valence-electron chi connectivity index (χ3n) is 3.03. The molecular weight excluding hydrogens is 241 g/mol. The van der Waals surface area contributed by atoms with Gasteiger partial charge in [-0.3, -0.25) is 0 Å². The van der Waals surface area contributed by atoms with Crippen molar-refractivity contribution in [2.75, 3.05) is 6.54 Å². The zero-order valence-corrected chi connectivity index (χ0v) is 9.79. The van der Waals surface area contributed by atoms with Crippen molar-refractivity contribution >= 4 is 0 Å². The number of nitrogens with one attached hydrogen (secondary N) is 1. The Morgan fingerprint density at radius 2 is 2.00 bits per heavy atom. The third kappa shape index (κ3) is 6.19. The summed E-state index contributed by atoms with van der Waals surface area (Å²) in [6.45, 7) is 1.67. The molecule has 0 spiro atoms. The minimum absolute atomic E-state index is 0.0956. The van der Waals surface area contributed by atoms with Crippen LogP contribution in [0.5, 0.6) is 0 Å². The smallest absolute Gasteiger partial charge is 0.314 e. The van der Waals surface area contributed by atoms with Crippen molar-refractivity contribution in [3.05, 3.63) is 0 Å². The summed E-state index contributed by atoms with van der Waals surface area (Å²) in [5.41, 5.74) is 0. The number of alkyl halides is 5. The number of hydrogen-bond acceptors (Lipinski definition) is 1. The van der Waals surface area contributed by atoms with E-state index >= 15 is 0 Å². The maximum atomic E-state index is 13.0. The van der Waals surface area contributed by atoms with Crippen LogP contribution in [0.1, 0.15) is 39.0 Å². The van der Waals surface area contributed by atoms with E-state index < -0.39 is 24.6 Å². The Morgan fingerprint density at radius 3 is 2.53 bits per heavy atom. The third-order valence-corrected chi connectivity index (χ3v) is 3.03. The lowest BCUT2D eigenvalue weighted by Crippen LogP contribution is -2.38. The average Bonchev–Trinajstić information content (AvgIpc) is 2.10. The van der Waals surface area contributed by atoms with E-state index in [1.807, 2.05) is 0 Å². The van der Waals surface area contributed by atoms with Crippen LogP contribution < -0.4 is 5.32 Å². The van der Waals surface area contributed by atoms with Crippen LogP contribution in [0, 0.1) is 5.92 Å². The maximum absolute atomic E-state index is 13.0. The zero-order chi connectivity index (χ0) is 13.1. The lowest BCUT2D eigenvalue weighted by molar-refractivity contribution is -0.139. The molecule has 0 aromatic carbocycles. The van der Waals surface area contributed by atoms with Gasteiger partial charge in [0.15, 0.2) is 0 Å². The van der Waals surface area contributed by atoms with E-state index in [9.17, 15) is 22.0 Å². The van der Waals surface area contributed by atoms with Crippen LogP contribution in [0.3, 0.4) is 0 Å². The monoisotopic (exact) mass is 259 g/mol. The SMILES string of the molecule is CC(CC(F)(F)F)NCC1CCCC(F)(F)C1. The Labute approximate surface area is 97.8 Å². The van der Waals surface area contributed by atoms with Gasteiger partial charge in [0.25, 0.3) is 0 Å². The summed E-state index contributed by atoms with van der Waals surface area (Å²) >= 11 is 0. The van der Waals surface area contributed by atoms with Crippen LogP contribution in [0.25, 0.3) is 0 Å². The van der Waals surface area contributed by atoms with Gasteiger partial charge < -0.3 is 5.32 Å². The van der Waals surface area contributed by atoms with Crippen molar-refractivity contribution < 1.29 is 22.0 Å². The van der Waals surface area contributed by atoms with E-state index in [1.165, 1.54) is 6.92 Å². The molecule has 1 N–H and O–H groups in total. The summed E-state index contributed by atoms with van der Waals surface area (Å²) in [6, 6.07) is -0.717. The molecule has 2 unspecified atom stereocenters. The Kier molecular flexibility index (Phi) is 4.75. The second-order valence-corrected chi connectivity index (χ2v) is 4.95. The molecule has 0 amide bonds. The van der Waals surface area contributed by atoms with E-state index in [0.29, 0.717) is 12.8 Å². The average molecular weight is 259 g/mol. The van der Waals surface area contributed by atoms with Gasteiger partial charge >= 0.3 is 6.18 Å². The first-order valence-electron chi connectivity index (χ1n) is 5.86. The van der Waals surface area contributed by atoms with Gasteiger partial charge in [0.05, 0.1) is 6.42 Å². The van der Waals surface area contributed by atoms with E-state index in [4.69, 9.17) is 0 Å². The van der Waals surface area contributed by atoms with E-state index in [0.717, 1.165) is 0 Å². The quantitative estimate of drug-likeness (QED) is 0.758. The topological polar surface area (TPSA) is 12.0 Å². The predicted octanol–water partition coefficient (Wildman–Crippen LogP) is 3.74. The molecule has 0 aliphatic heterocycles. The number of halogens is 5. The highest BCUT2D eigenvalue weighted by Crippen LogP contribution is 2.36. The van der Waals surface area contributed by atoms with Gasteiger partial charge in [-0.25, -0.2) is 8.78 Å². The van der Waals surface area contributed by atoms with Crippen molar-refractivity contribution in [2.24, 2.45) is 5.92 Å². The molecule has 6 heteroatoms. The molecule has 1 aliphatic carbocycles. The normalized spacial score (nSPS) is 26.8. The molecule has 0 radical (unpaired) electrons. The molecule has 1 fully saturated rings. The van der Waals surface area contributed by atoms with Gasteiger partial charge in [0.2, 0.25) is 5.92 Å². The highest BCUT2D eigenvalue weighted by atomic mass is 19.4. The summed E-state index contributed by atoms with van der Waals surface area (Å²) in [7, 11) is 0. The van der Waals surface area contributed by atoms with Crippen molar-refractivity contribution in [2.45, 2.75) is 57.2 Å². The Bertz CT molecular complexity index is 239. The molecule has 1 nitrogen and oxygen atoms in total. The summed E-state index contributed by atoms with van der Waals surface area (Å²) in [5, 5.41) is 2.69. The van der Waals surface area contributed by atoms with Gasteiger partial charge in [-0.15, -0.1) is 0 Å². The van der Waals surface area contributed by atoms with Crippen LogP contribution in [0.4, 0.5) is 22.0 Å². The Morgan fingerprint density at radius 1 is 1.35 bits per heavy atom. The Hall–Kier alpha value is -0.390. The minimum atomic E-state index is -4.21. The lowest BCUT2D eigenvalue weighted by Gasteiger charge is -2.30. The van der Waals surface area contributed by atoms with Gasteiger partial charge in [-0.05, 0) is 32.2 Å². The molecular formula is C11H18F5N. The first kappa shape index (κ1) is 14.7. The van der Waals surface area contributed by atoms with Crippen LogP contribution >= 0.6 is 0 Å². The first-order valence-corrected chi connectivity index (χ1v) is 5.86. The fourth-order valence-corrected chi connectivity index (χ4v) is 2.24. The maximum Gasteiger partial charge on any atom is 0.390 e. The number of rotatable bonds is 4. The van der Waals surface area contributed by atoms with Crippen LogP contribution in [0.2, 0.25) is 0 Å². The standard InChI is InChI=1S/C11H18F5N/c1-8(5-11(14,15)16)17-7-9-3-2-4-10(12,13)6-9/h8-9,17H,2-7H2,1H3. The largest absolute Gasteiger partial charge is 0.390 e. The van der Waals surface area contributed by atoms with Crippen molar-refractivity contribution in [1.82, 2.24) is 5.32 Å². The molecule has 0 bridgehead atoms. The summed E-state index contributed by atoms with van der Waals surface area (Å²) < 4.78 is 62.2. The van der Waals surface area contributed by atoms with Crippen LogP contribution in [0.15, 0.2) is 0 Å². The predicted molar refractivity (Wildman–Crippen MR) is 55.0 cm³/mol.